The van der Waals surface area contributed by atoms with Gasteiger partial charge in [-0.15, -0.1) is 0 Å². The van der Waals surface area contributed by atoms with E-state index >= 15 is 0 Å². The van der Waals surface area contributed by atoms with Crippen molar-refractivity contribution in [2.75, 3.05) is 11.9 Å². The molecule has 1 amide bonds. The molecule has 0 atom stereocenters. The summed E-state index contributed by atoms with van der Waals surface area (Å²) in [5.74, 6) is 0.442. The summed E-state index contributed by atoms with van der Waals surface area (Å²) in [6.45, 7) is -0.0813. The third-order valence-corrected chi connectivity index (χ3v) is 4.57. The Morgan fingerprint density at radius 1 is 1.19 bits per heavy atom. The molecule has 1 aliphatic rings. The van der Waals surface area contributed by atoms with Crippen molar-refractivity contribution in [3.05, 3.63) is 65.2 Å². The number of hydrogen-bond acceptors (Lipinski definition) is 4. The second-order valence-corrected chi connectivity index (χ2v) is 6.56. The number of aryl methyl sites for hydroxylation is 2. The van der Waals surface area contributed by atoms with Crippen LogP contribution in [0.1, 0.15) is 17.5 Å². The number of anilines is 1. The molecule has 132 valence electrons. The van der Waals surface area contributed by atoms with Crippen molar-refractivity contribution in [1.82, 2.24) is 14.8 Å². The molecule has 6 nitrogen and oxygen atoms in total. The number of nitrogens with one attached hydrogen (secondary N) is 1. The Morgan fingerprint density at radius 2 is 2.08 bits per heavy atom. The topological polar surface area (TPSA) is 69.0 Å². The van der Waals surface area contributed by atoms with Gasteiger partial charge in [0.15, 0.2) is 6.61 Å². The van der Waals surface area contributed by atoms with Crippen LogP contribution >= 0.6 is 11.6 Å². The van der Waals surface area contributed by atoms with Crippen LogP contribution in [0.2, 0.25) is 5.02 Å². The van der Waals surface area contributed by atoms with Crippen LogP contribution in [0.15, 0.2) is 49.1 Å². The molecular weight excluding hydrogens is 352 g/mol. The molecule has 1 aromatic heterocycles. The Morgan fingerprint density at radius 3 is 2.92 bits per heavy atom. The third kappa shape index (κ3) is 3.55. The number of hydrogen-bond donors (Lipinski definition) is 1. The highest BCUT2D eigenvalue weighted by molar-refractivity contribution is 6.31. The fourth-order valence-electron chi connectivity index (χ4n) is 3.11. The first-order valence-corrected chi connectivity index (χ1v) is 8.76. The van der Waals surface area contributed by atoms with Crippen molar-refractivity contribution in [2.45, 2.75) is 19.3 Å². The summed E-state index contributed by atoms with van der Waals surface area (Å²) in [4.78, 5) is 16.3. The van der Waals surface area contributed by atoms with E-state index in [-0.39, 0.29) is 12.5 Å². The van der Waals surface area contributed by atoms with Crippen LogP contribution in [0.25, 0.3) is 5.69 Å². The Hall–Kier alpha value is -2.86. The molecule has 0 saturated carbocycles. The fourth-order valence-corrected chi connectivity index (χ4v) is 3.29. The standard InChI is InChI=1S/C19H17ClN4O2/c20-15-5-7-18(24-12-21-11-22-24)17(9-15)23-19(25)10-26-16-6-4-13-2-1-3-14(13)8-16/h4-9,11-12H,1-3,10H2,(H,23,25). The molecule has 1 aliphatic carbocycles. The molecular formula is C19H17ClN4O2. The minimum absolute atomic E-state index is 0.0813. The lowest BCUT2D eigenvalue weighted by Crippen LogP contribution is -2.21. The van der Waals surface area contributed by atoms with Gasteiger partial charge >= 0.3 is 0 Å². The van der Waals surface area contributed by atoms with Gasteiger partial charge in [0.1, 0.15) is 18.4 Å². The van der Waals surface area contributed by atoms with Crippen molar-refractivity contribution in [1.29, 1.82) is 0 Å². The molecule has 0 bridgehead atoms. The zero-order chi connectivity index (χ0) is 17.9. The average molecular weight is 369 g/mol. The molecule has 0 fully saturated rings. The first kappa shape index (κ1) is 16.6. The zero-order valence-corrected chi connectivity index (χ0v) is 14.7. The summed E-state index contributed by atoms with van der Waals surface area (Å²) in [6.07, 6.45) is 6.36. The van der Waals surface area contributed by atoms with Gasteiger partial charge in [-0.3, -0.25) is 4.79 Å². The highest BCUT2D eigenvalue weighted by Crippen LogP contribution is 2.26. The van der Waals surface area contributed by atoms with E-state index < -0.39 is 0 Å². The smallest absolute Gasteiger partial charge is 0.262 e. The largest absolute Gasteiger partial charge is 0.484 e. The quantitative estimate of drug-likeness (QED) is 0.749. The van der Waals surface area contributed by atoms with E-state index in [1.54, 1.807) is 29.2 Å². The zero-order valence-electron chi connectivity index (χ0n) is 14.0. The predicted octanol–water partition coefficient (Wildman–Crippen LogP) is 3.43. The van der Waals surface area contributed by atoms with E-state index in [2.05, 4.69) is 21.5 Å². The van der Waals surface area contributed by atoms with Crippen LogP contribution in [-0.4, -0.2) is 27.3 Å². The lowest BCUT2D eigenvalue weighted by atomic mass is 10.1. The number of carbonyl (C=O) groups excluding carboxylic acids is 1. The van der Waals surface area contributed by atoms with Crippen molar-refractivity contribution in [3.63, 3.8) is 0 Å². The van der Waals surface area contributed by atoms with Gasteiger partial charge in [-0.05, 0) is 60.7 Å². The number of fused-ring (bicyclic) bond motifs is 1. The van der Waals surface area contributed by atoms with Gasteiger partial charge in [-0.2, -0.15) is 5.10 Å². The summed E-state index contributed by atoms with van der Waals surface area (Å²) < 4.78 is 7.21. The summed E-state index contributed by atoms with van der Waals surface area (Å²) in [5, 5.41) is 7.43. The van der Waals surface area contributed by atoms with E-state index in [4.69, 9.17) is 16.3 Å². The number of halogens is 1. The van der Waals surface area contributed by atoms with Crippen molar-refractivity contribution in [2.24, 2.45) is 0 Å². The maximum absolute atomic E-state index is 12.3. The minimum Gasteiger partial charge on any atom is -0.484 e. The monoisotopic (exact) mass is 368 g/mol. The van der Waals surface area contributed by atoms with E-state index in [0.717, 1.165) is 12.8 Å². The van der Waals surface area contributed by atoms with Crippen LogP contribution in [0.3, 0.4) is 0 Å². The lowest BCUT2D eigenvalue weighted by molar-refractivity contribution is -0.118. The van der Waals surface area contributed by atoms with Gasteiger partial charge in [-0.1, -0.05) is 17.7 Å². The van der Waals surface area contributed by atoms with Gasteiger partial charge < -0.3 is 10.1 Å². The number of nitrogens with zero attached hydrogens (tertiary/aromatic N) is 3. The van der Waals surface area contributed by atoms with Crippen LogP contribution < -0.4 is 10.1 Å². The fraction of sp³-hybridized carbons (Fsp3) is 0.211. The number of carbonyl (C=O) groups is 1. The van der Waals surface area contributed by atoms with Gasteiger partial charge in [0, 0.05) is 5.02 Å². The molecule has 0 unspecified atom stereocenters. The van der Waals surface area contributed by atoms with Gasteiger partial charge in [-0.25, -0.2) is 9.67 Å². The molecule has 4 rings (SSSR count). The first-order chi connectivity index (χ1) is 12.7. The van der Waals surface area contributed by atoms with E-state index in [9.17, 15) is 4.79 Å². The van der Waals surface area contributed by atoms with E-state index in [0.29, 0.717) is 22.1 Å². The molecule has 0 spiro atoms. The Bertz CT molecular complexity index is 941. The number of ether oxygens (including phenoxy) is 1. The molecule has 2 aromatic carbocycles. The molecule has 1 heterocycles. The predicted molar refractivity (Wildman–Crippen MR) is 99.0 cm³/mol. The first-order valence-electron chi connectivity index (χ1n) is 8.38. The molecule has 0 saturated heterocycles. The lowest BCUT2D eigenvalue weighted by Gasteiger charge is -2.12. The second kappa shape index (κ2) is 7.17. The van der Waals surface area contributed by atoms with Crippen molar-refractivity contribution >= 4 is 23.2 Å². The maximum Gasteiger partial charge on any atom is 0.262 e. The molecule has 1 N–H and O–H groups in total. The Kier molecular flexibility index (Phi) is 4.58. The van der Waals surface area contributed by atoms with Crippen LogP contribution in [0.4, 0.5) is 5.69 Å². The third-order valence-electron chi connectivity index (χ3n) is 4.34. The number of rotatable bonds is 5. The molecule has 7 heteroatoms. The second-order valence-electron chi connectivity index (χ2n) is 6.12. The minimum atomic E-state index is -0.269. The summed E-state index contributed by atoms with van der Waals surface area (Å²) in [7, 11) is 0. The van der Waals surface area contributed by atoms with Gasteiger partial charge in [0.2, 0.25) is 0 Å². The highest BCUT2D eigenvalue weighted by Gasteiger charge is 2.13. The van der Waals surface area contributed by atoms with Crippen molar-refractivity contribution < 1.29 is 9.53 Å². The number of amides is 1. The van der Waals surface area contributed by atoms with Gasteiger partial charge in [0.05, 0.1) is 11.4 Å². The molecule has 0 aliphatic heterocycles. The van der Waals surface area contributed by atoms with Crippen LogP contribution in [0, 0.1) is 0 Å². The maximum atomic E-state index is 12.3. The summed E-state index contributed by atoms with van der Waals surface area (Å²) in [6, 6.07) is 11.2. The average Bonchev–Trinajstić information content (AvgIpc) is 3.31. The normalized spacial score (nSPS) is 12.7. The van der Waals surface area contributed by atoms with E-state index in [1.165, 1.54) is 23.9 Å². The summed E-state index contributed by atoms with van der Waals surface area (Å²) in [5.41, 5.74) is 3.91. The van der Waals surface area contributed by atoms with Crippen LogP contribution in [-0.2, 0) is 17.6 Å². The Balaban J connectivity index is 1.44. The molecule has 0 radical (unpaired) electrons. The highest BCUT2D eigenvalue weighted by atomic mass is 35.5. The Labute approximate surface area is 155 Å². The molecule has 3 aromatic rings. The number of benzene rings is 2. The molecule has 26 heavy (non-hydrogen) atoms. The SMILES string of the molecule is O=C(COc1ccc2c(c1)CCC2)Nc1cc(Cl)ccc1-n1cncn1. The van der Waals surface area contributed by atoms with Gasteiger partial charge in [0.25, 0.3) is 5.91 Å². The van der Waals surface area contributed by atoms with E-state index in [1.807, 2.05) is 12.1 Å². The van der Waals surface area contributed by atoms with Crippen molar-refractivity contribution in [3.8, 4) is 11.4 Å². The summed E-state index contributed by atoms with van der Waals surface area (Å²) >= 11 is 6.06. The number of aromatic nitrogens is 3. The van der Waals surface area contributed by atoms with Crippen LogP contribution in [0.5, 0.6) is 5.75 Å².